The van der Waals surface area contributed by atoms with Gasteiger partial charge in [0.1, 0.15) is 11.9 Å². The van der Waals surface area contributed by atoms with Crippen molar-refractivity contribution in [1.29, 1.82) is 0 Å². The second-order valence-electron chi connectivity index (χ2n) is 4.34. The van der Waals surface area contributed by atoms with E-state index in [9.17, 15) is 14.0 Å². The van der Waals surface area contributed by atoms with Gasteiger partial charge in [0.2, 0.25) is 5.91 Å². The molecule has 0 spiro atoms. The first-order valence-corrected chi connectivity index (χ1v) is 6.46. The van der Waals surface area contributed by atoms with E-state index in [2.05, 4.69) is 5.32 Å². The molecule has 1 fully saturated rings. The average Bonchev–Trinajstić information content (AvgIpc) is 2.40. The molecule has 2 rings (SSSR count). The molecule has 1 N–H and O–H groups in total. The van der Waals surface area contributed by atoms with Gasteiger partial charge in [-0.05, 0) is 24.6 Å². The van der Waals surface area contributed by atoms with E-state index in [1.807, 2.05) is 6.92 Å². The lowest BCUT2D eigenvalue weighted by Crippen LogP contribution is -2.56. The summed E-state index contributed by atoms with van der Waals surface area (Å²) in [6.45, 7) is 2.71. The number of piperazine rings is 1. The highest BCUT2D eigenvalue weighted by molar-refractivity contribution is 6.31. The molecule has 1 aromatic rings. The van der Waals surface area contributed by atoms with E-state index in [1.54, 1.807) is 0 Å². The fraction of sp³-hybridized carbons (Fsp3) is 0.385. The molecule has 102 valence electrons. The van der Waals surface area contributed by atoms with E-state index < -0.39 is 11.9 Å². The van der Waals surface area contributed by atoms with Crippen molar-refractivity contribution < 1.29 is 14.0 Å². The first kappa shape index (κ1) is 13.8. The van der Waals surface area contributed by atoms with Gasteiger partial charge in [0.15, 0.2) is 0 Å². The lowest BCUT2D eigenvalue weighted by Gasteiger charge is -2.34. The summed E-state index contributed by atoms with van der Waals surface area (Å²) in [6.07, 6.45) is 0.534. The molecule has 1 aliphatic heterocycles. The second kappa shape index (κ2) is 5.57. The highest BCUT2D eigenvalue weighted by Gasteiger charge is 2.32. The van der Waals surface area contributed by atoms with Crippen molar-refractivity contribution in [2.24, 2.45) is 0 Å². The molecule has 0 bridgehead atoms. The topological polar surface area (TPSA) is 49.4 Å². The van der Waals surface area contributed by atoms with Crippen molar-refractivity contribution in [1.82, 2.24) is 10.2 Å². The van der Waals surface area contributed by atoms with Gasteiger partial charge in [-0.1, -0.05) is 18.5 Å². The Morgan fingerprint density at radius 1 is 1.58 bits per heavy atom. The predicted octanol–water partition coefficient (Wildman–Crippen LogP) is 1.83. The maximum Gasteiger partial charge on any atom is 0.254 e. The van der Waals surface area contributed by atoms with Crippen LogP contribution in [0, 0.1) is 5.82 Å². The van der Waals surface area contributed by atoms with Crippen molar-refractivity contribution >= 4 is 23.4 Å². The summed E-state index contributed by atoms with van der Waals surface area (Å²) >= 11 is 5.67. The van der Waals surface area contributed by atoms with Gasteiger partial charge in [0.25, 0.3) is 5.91 Å². The highest BCUT2D eigenvalue weighted by Crippen LogP contribution is 2.19. The monoisotopic (exact) mass is 284 g/mol. The van der Waals surface area contributed by atoms with Crippen LogP contribution in [0.1, 0.15) is 23.7 Å². The fourth-order valence-corrected chi connectivity index (χ4v) is 2.34. The first-order chi connectivity index (χ1) is 9.04. The van der Waals surface area contributed by atoms with Crippen LogP contribution < -0.4 is 5.32 Å². The van der Waals surface area contributed by atoms with E-state index in [4.69, 9.17) is 11.6 Å². The van der Waals surface area contributed by atoms with Crippen molar-refractivity contribution in [2.75, 3.05) is 13.1 Å². The Kier molecular flexibility index (Phi) is 4.04. The normalized spacial score (nSPS) is 19.2. The van der Waals surface area contributed by atoms with Crippen molar-refractivity contribution in [2.45, 2.75) is 19.4 Å². The van der Waals surface area contributed by atoms with Gasteiger partial charge in [-0.2, -0.15) is 0 Å². The van der Waals surface area contributed by atoms with Gasteiger partial charge >= 0.3 is 0 Å². The Labute approximate surface area is 115 Å². The zero-order valence-corrected chi connectivity index (χ0v) is 11.2. The summed E-state index contributed by atoms with van der Waals surface area (Å²) in [5.41, 5.74) is 0.291. The molecule has 19 heavy (non-hydrogen) atoms. The van der Waals surface area contributed by atoms with E-state index >= 15 is 0 Å². The molecule has 1 aliphatic rings. The number of rotatable bonds is 2. The van der Waals surface area contributed by atoms with Crippen molar-refractivity contribution in [3.05, 3.63) is 34.6 Å². The van der Waals surface area contributed by atoms with E-state index in [0.29, 0.717) is 25.1 Å². The van der Waals surface area contributed by atoms with Gasteiger partial charge < -0.3 is 10.2 Å². The Hall–Kier alpha value is -1.62. The molecule has 0 saturated carbocycles. The predicted molar refractivity (Wildman–Crippen MR) is 69.5 cm³/mol. The lowest BCUT2D eigenvalue weighted by atomic mass is 10.1. The van der Waals surface area contributed by atoms with Crippen LogP contribution in [0.2, 0.25) is 5.02 Å². The SMILES string of the molecule is CCC1C(=O)NCCN1C(=O)c1ccc(F)c(Cl)c1. The van der Waals surface area contributed by atoms with Crippen molar-refractivity contribution in [3.63, 3.8) is 0 Å². The molecule has 1 aromatic carbocycles. The van der Waals surface area contributed by atoms with Gasteiger partial charge in [-0.15, -0.1) is 0 Å². The zero-order chi connectivity index (χ0) is 14.0. The molecule has 1 unspecified atom stereocenters. The lowest BCUT2D eigenvalue weighted by molar-refractivity contribution is -0.127. The number of halogens is 2. The molecule has 2 amide bonds. The van der Waals surface area contributed by atoms with Crippen LogP contribution in [0.15, 0.2) is 18.2 Å². The van der Waals surface area contributed by atoms with Crippen LogP contribution in [-0.2, 0) is 4.79 Å². The Balaban J connectivity index is 2.26. The highest BCUT2D eigenvalue weighted by atomic mass is 35.5. The third kappa shape index (κ3) is 2.71. The maximum absolute atomic E-state index is 13.1. The summed E-state index contributed by atoms with van der Waals surface area (Å²) in [6, 6.07) is 3.34. The Bertz CT molecular complexity index is 521. The van der Waals surface area contributed by atoms with Crippen LogP contribution in [0.4, 0.5) is 4.39 Å². The van der Waals surface area contributed by atoms with Crippen LogP contribution in [0.5, 0.6) is 0 Å². The van der Waals surface area contributed by atoms with Gasteiger partial charge in [0.05, 0.1) is 5.02 Å². The Morgan fingerprint density at radius 2 is 2.32 bits per heavy atom. The van der Waals surface area contributed by atoms with E-state index in [-0.39, 0.29) is 16.8 Å². The summed E-state index contributed by atoms with van der Waals surface area (Å²) in [7, 11) is 0. The summed E-state index contributed by atoms with van der Waals surface area (Å²) in [4.78, 5) is 25.5. The number of amides is 2. The first-order valence-electron chi connectivity index (χ1n) is 6.08. The average molecular weight is 285 g/mol. The van der Waals surface area contributed by atoms with Crippen LogP contribution in [0.25, 0.3) is 0 Å². The smallest absolute Gasteiger partial charge is 0.254 e. The summed E-state index contributed by atoms with van der Waals surface area (Å²) < 4.78 is 13.1. The second-order valence-corrected chi connectivity index (χ2v) is 4.75. The number of benzene rings is 1. The molecule has 0 aromatic heterocycles. The molecule has 1 saturated heterocycles. The molecule has 0 radical (unpaired) electrons. The third-order valence-corrected chi connectivity index (χ3v) is 3.43. The molecule has 4 nitrogen and oxygen atoms in total. The largest absolute Gasteiger partial charge is 0.353 e. The number of carbonyl (C=O) groups excluding carboxylic acids is 2. The third-order valence-electron chi connectivity index (χ3n) is 3.14. The molecule has 0 aliphatic carbocycles. The number of hydrogen-bond acceptors (Lipinski definition) is 2. The minimum atomic E-state index is -0.568. The number of nitrogens with zero attached hydrogens (tertiary/aromatic N) is 1. The van der Waals surface area contributed by atoms with Crippen LogP contribution >= 0.6 is 11.6 Å². The van der Waals surface area contributed by atoms with E-state index in [1.165, 1.54) is 17.0 Å². The standard InChI is InChI=1S/C13H14ClFN2O2/c1-2-11-12(18)16-5-6-17(11)13(19)8-3-4-10(15)9(14)7-8/h3-4,7,11H,2,5-6H2,1H3,(H,16,18). The zero-order valence-electron chi connectivity index (χ0n) is 10.5. The molecule has 6 heteroatoms. The maximum atomic E-state index is 13.1. The van der Waals surface area contributed by atoms with Gasteiger partial charge in [-0.3, -0.25) is 9.59 Å². The quantitative estimate of drug-likeness (QED) is 0.901. The minimum absolute atomic E-state index is 0.0969. The number of hydrogen-bond donors (Lipinski definition) is 1. The summed E-state index contributed by atoms with van der Waals surface area (Å²) in [5.74, 6) is -1.03. The number of nitrogens with one attached hydrogen (secondary N) is 1. The van der Waals surface area contributed by atoms with Crippen LogP contribution in [0.3, 0.4) is 0 Å². The van der Waals surface area contributed by atoms with Crippen molar-refractivity contribution in [3.8, 4) is 0 Å². The molecule has 1 atom stereocenters. The van der Waals surface area contributed by atoms with Gasteiger partial charge in [0, 0.05) is 18.7 Å². The Morgan fingerprint density at radius 3 is 2.95 bits per heavy atom. The van der Waals surface area contributed by atoms with E-state index in [0.717, 1.165) is 6.07 Å². The minimum Gasteiger partial charge on any atom is -0.353 e. The summed E-state index contributed by atoms with van der Waals surface area (Å²) in [5, 5.41) is 2.62. The molecular weight excluding hydrogens is 271 g/mol. The number of carbonyl (C=O) groups is 2. The molecular formula is C13H14ClFN2O2. The molecule has 1 heterocycles. The van der Waals surface area contributed by atoms with Crippen LogP contribution in [-0.4, -0.2) is 35.8 Å². The van der Waals surface area contributed by atoms with Gasteiger partial charge in [-0.25, -0.2) is 4.39 Å². The fourth-order valence-electron chi connectivity index (χ4n) is 2.16.